The van der Waals surface area contributed by atoms with Crippen LogP contribution in [0.3, 0.4) is 0 Å². The largest absolute Gasteiger partial charge is 0.332 e. The summed E-state index contributed by atoms with van der Waals surface area (Å²) in [6.07, 6.45) is 0. The highest BCUT2D eigenvalue weighted by Gasteiger charge is 2.35. The molecule has 0 unspecified atom stereocenters. The second-order valence-corrected chi connectivity index (χ2v) is 9.04. The Balaban J connectivity index is 2.55. The Morgan fingerprint density at radius 1 is 1.09 bits per heavy atom. The Kier molecular flexibility index (Phi) is 5.24. The SMILES string of the molecule is CC(C)c1nc(Nc2ccccc2)n(P(=O)(N(C)C)N(C)C)n1. The molecule has 0 bridgehead atoms. The zero-order valence-corrected chi connectivity index (χ0v) is 15.5. The lowest BCUT2D eigenvalue weighted by atomic mass is 10.2. The molecule has 0 aliphatic rings. The van der Waals surface area contributed by atoms with Crippen LogP contribution in [0.4, 0.5) is 11.6 Å². The molecule has 0 atom stereocenters. The van der Waals surface area contributed by atoms with Crippen LogP contribution < -0.4 is 5.32 Å². The molecule has 0 saturated carbocycles. The van der Waals surface area contributed by atoms with Gasteiger partial charge in [0.1, 0.15) is 0 Å². The van der Waals surface area contributed by atoms with Crippen molar-refractivity contribution in [1.82, 2.24) is 23.9 Å². The summed E-state index contributed by atoms with van der Waals surface area (Å²) in [5.41, 5.74) is 0.875. The molecule has 0 fully saturated rings. The predicted molar refractivity (Wildman–Crippen MR) is 94.2 cm³/mol. The topological polar surface area (TPSA) is 66.3 Å². The van der Waals surface area contributed by atoms with Gasteiger partial charge < -0.3 is 5.32 Å². The maximum Gasteiger partial charge on any atom is 0.332 e. The van der Waals surface area contributed by atoms with Gasteiger partial charge in [0.25, 0.3) is 0 Å². The van der Waals surface area contributed by atoms with Gasteiger partial charge in [-0.15, -0.1) is 5.10 Å². The second-order valence-electron chi connectivity index (χ2n) is 6.04. The number of rotatable bonds is 6. The van der Waals surface area contributed by atoms with Crippen molar-refractivity contribution in [3.05, 3.63) is 36.2 Å². The quantitative estimate of drug-likeness (QED) is 0.817. The first-order chi connectivity index (χ1) is 10.8. The molecule has 1 heterocycles. The molecule has 1 aromatic heterocycles. The highest BCUT2D eigenvalue weighted by atomic mass is 31.2. The zero-order chi connectivity index (χ0) is 17.2. The van der Waals surface area contributed by atoms with Crippen molar-refractivity contribution < 1.29 is 4.57 Å². The van der Waals surface area contributed by atoms with Crippen LogP contribution in [0.5, 0.6) is 0 Å². The first-order valence-electron chi connectivity index (χ1n) is 7.52. The van der Waals surface area contributed by atoms with Gasteiger partial charge in [0, 0.05) is 11.6 Å². The van der Waals surface area contributed by atoms with E-state index in [9.17, 15) is 4.57 Å². The summed E-state index contributed by atoms with van der Waals surface area (Å²) in [4.78, 5) is 4.55. The molecule has 7 nitrogen and oxygen atoms in total. The summed E-state index contributed by atoms with van der Waals surface area (Å²) in [6.45, 7) is 4.03. The predicted octanol–water partition coefficient (Wildman–Crippen LogP) is 3.22. The van der Waals surface area contributed by atoms with E-state index < -0.39 is 7.59 Å². The minimum absolute atomic E-state index is 0.144. The van der Waals surface area contributed by atoms with Crippen LogP contribution in [0.2, 0.25) is 0 Å². The van der Waals surface area contributed by atoms with E-state index in [1.54, 1.807) is 37.5 Å². The Bertz CT molecular complexity index is 683. The number of anilines is 2. The van der Waals surface area contributed by atoms with Crippen molar-refractivity contribution in [1.29, 1.82) is 0 Å². The molecule has 0 amide bonds. The summed E-state index contributed by atoms with van der Waals surface area (Å²) in [6, 6.07) is 9.68. The van der Waals surface area contributed by atoms with Crippen molar-refractivity contribution >= 4 is 19.2 Å². The number of aromatic nitrogens is 3. The summed E-state index contributed by atoms with van der Waals surface area (Å²) in [7, 11) is 4.06. The molecule has 0 spiro atoms. The first kappa shape index (κ1) is 17.7. The highest BCUT2D eigenvalue weighted by Crippen LogP contribution is 2.52. The number of hydrogen-bond donors (Lipinski definition) is 1. The van der Waals surface area contributed by atoms with Crippen molar-refractivity contribution in [2.24, 2.45) is 0 Å². The molecule has 0 saturated heterocycles. The number of benzene rings is 1. The van der Waals surface area contributed by atoms with Crippen LogP contribution in [0, 0.1) is 0 Å². The third-order valence-corrected chi connectivity index (χ3v) is 6.30. The molecule has 126 valence electrons. The smallest absolute Gasteiger partial charge is 0.324 e. The van der Waals surface area contributed by atoms with Crippen molar-refractivity contribution in [3.63, 3.8) is 0 Å². The third kappa shape index (κ3) is 3.47. The minimum Gasteiger partial charge on any atom is -0.324 e. The lowest BCUT2D eigenvalue weighted by molar-refractivity contribution is 0.430. The van der Waals surface area contributed by atoms with E-state index in [0.717, 1.165) is 5.69 Å². The van der Waals surface area contributed by atoms with Crippen molar-refractivity contribution in [3.8, 4) is 0 Å². The molecule has 0 aliphatic heterocycles. The van der Waals surface area contributed by atoms with Gasteiger partial charge in [-0.25, -0.2) is 9.34 Å². The Morgan fingerprint density at radius 3 is 2.13 bits per heavy atom. The number of nitrogens with one attached hydrogen (secondary N) is 1. The maximum atomic E-state index is 13.5. The Hall–Kier alpha value is -1.69. The summed E-state index contributed by atoms with van der Waals surface area (Å²) in [5.74, 6) is 1.28. The molecule has 0 radical (unpaired) electrons. The normalized spacial score (nSPS) is 12.4. The van der Waals surface area contributed by atoms with Crippen LogP contribution in [0.15, 0.2) is 30.3 Å². The maximum absolute atomic E-state index is 13.5. The van der Waals surface area contributed by atoms with E-state index >= 15 is 0 Å². The van der Waals surface area contributed by atoms with Crippen molar-refractivity contribution in [2.45, 2.75) is 19.8 Å². The van der Waals surface area contributed by atoms with Gasteiger partial charge in [0.05, 0.1) is 0 Å². The van der Waals surface area contributed by atoms with Crippen LogP contribution in [0.25, 0.3) is 0 Å². The van der Waals surface area contributed by atoms with Crippen LogP contribution in [-0.2, 0) is 4.57 Å². The van der Waals surface area contributed by atoms with E-state index in [-0.39, 0.29) is 5.92 Å². The fourth-order valence-corrected chi connectivity index (χ4v) is 4.11. The molecule has 2 rings (SSSR count). The lowest BCUT2D eigenvalue weighted by Gasteiger charge is -2.30. The lowest BCUT2D eigenvalue weighted by Crippen LogP contribution is -2.27. The summed E-state index contributed by atoms with van der Waals surface area (Å²) >= 11 is 0. The van der Waals surface area contributed by atoms with E-state index in [1.165, 1.54) is 4.45 Å². The highest BCUT2D eigenvalue weighted by molar-refractivity contribution is 7.57. The zero-order valence-electron chi connectivity index (χ0n) is 14.6. The fourth-order valence-electron chi connectivity index (χ4n) is 2.17. The van der Waals surface area contributed by atoms with E-state index in [0.29, 0.717) is 11.8 Å². The minimum atomic E-state index is -3.06. The van der Waals surface area contributed by atoms with Gasteiger partial charge in [0.2, 0.25) is 5.95 Å². The van der Waals surface area contributed by atoms with Crippen LogP contribution >= 0.6 is 7.59 Å². The Labute approximate surface area is 137 Å². The van der Waals surface area contributed by atoms with E-state index in [1.807, 2.05) is 44.2 Å². The summed E-state index contributed by atoms with van der Waals surface area (Å²) in [5, 5.41) is 7.74. The third-order valence-electron chi connectivity index (χ3n) is 3.44. The molecule has 2 aromatic rings. The summed E-state index contributed by atoms with van der Waals surface area (Å²) < 4.78 is 18.4. The molecule has 23 heavy (non-hydrogen) atoms. The average molecular weight is 336 g/mol. The first-order valence-corrected chi connectivity index (χ1v) is 9.09. The van der Waals surface area contributed by atoms with Crippen LogP contribution in [0.1, 0.15) is 25.6 Å². The van der Waals surface area contributed by atoms with Gasteiger partial charge in [-0.3, -0.25) is 4.57 Å². The molecule has 0 aliphatic carbocycles. The molecule has 1 N–H and O–H groups in total. The van der Waals surface area contributed by atoms with E-state index in [4.69, 9.17) is 0 Å². The number of para-hydroxylation sites is 1. The molecule has 1 aromatic carbocycles. The average Bonchev–Trinajstić information content (AvgIpc) is 2.91. The molecular formula is C15H25N6OP. The van der Waals surface area contributed by atoms with Gasteiger partial charge in [-0.2, -0.15) is 9.44 Å². The number of hydrogen-bond acceptors (Lipinski definition) is 4. The van der Waals surface area contributed by atoms with Gasteiger partial charge in [-0.1, -0.05) is 32.0 Å². The standard InChI is InChI=1S/C15H25N6OP/c1-12(2)14-17-15(16-13-10-8-7-9-11-13)21(18-14)23(22,19(3)4)20(5)6/h7-12H,1-6H3,(H,16,17,18). The second kappa shape index (κ2) is 6.83. The Morgan fingerprint density at radius 2 is 1.65 bits per heavy atom. The monoisotopic (exact) mass is 336 g/mol. The van der Waals surface area contributed by atoms with Gasteiger partial charge in [-0.05, 0) is 40.3 Å². The molecule has 8 heteroatoms. The van der Waals surface area contributed by atoms with Crippen molar-refractivity contribution in [2.75, 3.05) is 33.5 Å². The van der Waals surface area contributed by atoms with Crippen LogP contribution in [-0.4, -0.2) is 52.1 Å². The fraction of sp³-hybridized carbons (Fsp3) is 0.467. The number of nitrogens with zero attached hydrogens (tertiary/aromatic N) is 5. The molecular weight excluding hydrogens is 311 g/mol. The van der Waals surface area contributed by atoms with E-state index in [2.05, 4.69) is 15.4 Å². The van der Waals surface area contributed by atoms with Gasteiger partial charge in [0.15, 0.2) is 5.82 Å². The van der Waals surface area contributed by atoms with Gasteiger partial charge >= 0.3 is 7.59 Å².